The molecule has 0 amide bonds. The van der Waals surface area contributed by atoms with Crippen LogP contribution in [0.5, 0.6) is 17.2 Å². The molecule has 0 atom stereocenters. The van der Waals surface area contributed by atoms with Crippen LogP contribution in [-0.2, 0) is 11.3 Å². The van der Waals surface area contributed by atoms with Crippen molar-refractivity contribution in [2.45, 2.75) is 13.5 Å². The van der Waals surface area contributed by atoms with Crippen LogP contribution in [0.25, 0.3) is 0 Å². The van der Waals surface area contributed by atoms with E-state index in [9.17, 15) is 4.79 Å². The molecule has 0 saturated heterocycles. The lowest BCUT2D eigenvalue weighted by molar-refractivity contribution is 0.0526. The quantitative estimate of drug-likeness (QED) is 0.739. The first-order chi connectivity index (χ1) is 12.1. The van der Waals surface area contributed by atoms with Crippen LogP contribution in [0, 0.1) is 0 Å². The Morgan fingerprint density at radius 1 is 0.920 bits per heavy atom. The van der Waals surface area contributed by atoms with Crippen LogP contribution in [0.3, 0.4) is 0 Å². The van der Waals surface area contributed by atoms with Gasteiger partial charge in [0.05, 0.1) is 33.5 Å². The molecule has 1 N–H and O–H groups in total. The van der Waals surface area contributed by atoms with Crippen molar-refractivity contribution in [3.63, 3.8) is 0 Å². The summed E-state index contributed by atoms with van der Waals surface area (Å²) in [5, 5.41) is 3.29. The fourth-order valence-corrected chi connectivity index (χ4v) is 2.37. The van der Waals surface area contributed by atoms with E-state index >= 15 is 0 Å². The molecule has 0 aliphatic carbocycles. The molecule has 25 heavy (non-hydrogen) atoms. The zero-order valence-electron chi connectivity index (χ0n) is 14.9. The second-order valence-corrected chi connectivity index (χ2v) is 5.17. The van der Waals surface area contributed by atoms with Crippen LogP contribution >= 0.6 is 0 Å². The number of esters is 1. The van der Waals surface area contributed by atoms with Crippen molar-refractivity contribution in [3.8, 4) is 17.2 Å². The molecule has 2 aromatic carbocycles. The normalized spacial score (nSPS) is 10.1. The van der Waals surface area contributed by atoms with Gasteiger partial charge < -0.3 is 24.3 Å². The van der Waals surface area contributed by atoms with Gasteiger partial charge in [0.15, 0.2) is 11.5 Å². The predicted octanol–water partition coefficient (Wildman–Crippen LogP) is 3.50. The Bertz CT molecular complexity index is 712. The summed E-state index contributed by atoms with van der Waals surface area (Å²) in [4.78, 5) is 11.7. The Kier molecular flexibility index (Phi) is 6.51. The second-order valence-electron chi connectivity index (χ2n) is 5.17. The third-order valence-electron chi connectivity index (χ3n) is 3.67. The Morgan fingerprint density at radius 3 is 2.08 bits per heavy atom. The summed E-state index contributed by atoms with van der Waals surface area (Å²) >= 11 is 0. The lowest BCUT2D eigenvalue weighted by Gasteiger charge is -2.15. The summed E-state index contributed by atoms with van der Waals surface area (Å²) in [7, 11) is 4.79. The predicted molar refractivity (Wildman–Crippen MR) is 95.8 cm³/mol. The van der Waals surface area contributed by atoms with E-state index in [0.717, 1.165) is 11.3 Å². The SMILES string of the molecule is CCOC(=O)c1ccc(NCc2cc(OC)c(OC)cc2OC)cc1. The average Bonchev–Trinajstić information content (AvgIpc) is 2.66. The number of benzene rings is 2. The highest BCUT2D eigenvalue weighted by Crippen LogP contribution is 2.34. The highest BCUT2D eigenvalue weighted by atomic mass is 16.5. The van der Waals surface area contributed by atoms with Gasteiger partial charge in [-0.1, -0.05) is 0 Å². The van der Waals surface area contributed by atoms with Gasteiger partial charge in [0.2, 0.25) is 0 Å². The van der Waals surface area contributed by atoms with E-state index in [0.29, 0.717) is 36.0 Å². The Balaban J connectivity index is 2.11. The number of ether oxygens (including phenoxy) is 4. The molecule has 0 aliphatic rings. The summed E-state index contributed by atoms with van der Waals surface area (Å²) in [6.45, 7) is 2.67. The molecule has 0 spiro atoms. The number of hydrogen-bond donors (Lipinski definition) is 1. The van der Waals surface area contributed by atoms with Crippen molar-refractivity contribution >= 4 is 11.7 Å². The first-order valence-corrected chi connectivity index (χ1v) is 7.92. The molecule has 0 aliphatic heterocycles. The van der Waals surface area contributed by atoms with Crippen LogP contribution in [0.4, 0.5) is 5.69 Å². The van der Waals surface area contributed by atoms with E-state index in [1.54, 1.807) is 46.5 Å². The topological polar surface area (TPSA) is 66.0 Å². The van der Waals surface area contributed by atoms with Crippen molar-refractivity contribution in [2.24, 2.45) is 0 Å². The van der Waals surface area contributed by atoms with Crippen LogP contribution in [0.15, 0.2) is 36.4 Å². The van der Waals surface area contributed by atoms with Gasteiger partial charge in [-0.2, -0.15) is 0 Å². The summed E-state index contributed by atoms with van der Waals surface area (Å²) < 4.78 is 21.0. The molecule has 0 bridgehead atoms. The molecule has 0 fully saturated rings. The van der Waals surface area contributed by atoms with Crippen LogP contribution in [-0.4, -0.2) is 33.9 Å². The van der Waals surface area contributed by atoms with Gasteiger partial charge in [-0.15, -0.1) is 0 Å². The van der Waals surface area contributed by atoms with E-state index in [2.05, 4.69) is 5.32 Å². The standard InChI is InChI=1S/C19H23NO5/c1-5-25-19(21)13-6-8-15(9-7-13)20-12-14-10-17(23-3)18(24-4)11-16(14)22-2/h6-11,20H,5,12H2,1-4H3. The monoisotopic (exact) mass is 345 g/mol. The Hall–Kier alpha value is -2.89. The minimum absolute atomic E-state index is 0.324. The van der Waals surface area contributed by atoms with E-state index in [4.69, 9.17) is 18.9 Å². The maximum Gasteiger partial charge on any atom is 0.338 e. The molecule has 0 aromatic heterocycles. The van der Waals surface area contributed by atoms with Crippen LogP contribution < -0.4 is 19.5 Å². The molecule has 6 heteroatoms. The third-order valence-corrected chi connectivity index (χ3v) is 3.67. The molecule has 0 radical (unpaired) electrons. The Morgan fingerprint density at radius 2 is 1.52 bits per heavy atom. The zero-order valence-corrected chi connectivity index (χ0v) is 14.9. The summed E-state index contributed by atoms with van der Waals surface area (Å²) in [5.41, 5.74) is 2.33. The lowest BCUT2D eigenvalue weighted by atomic mass is 10.1. The first kappa shape index (κ1) is 18.4. The molecule has 2 rings (SSSR count). The van der Waals surface area contributed by atoms with Gasteiger partial charge in [0, 0.05) is 23.9 Å². The molecule has 2 aromatic rings. The fraction of sp³-hybridized carbons (Fsp3) is 0.316. The van der Waals surface area contributed by atoms with Crippen molar-refractivity contribution < 1.29 is 23.7 Å². The Labute approximate surface area is 147 Å². The third kappa shape index (κ3) is 4.56. The lowest BCUT2D eigenvalue weighted by Crippen LogP contribution is -2.06. The maximum atomic E-state index is 11.7. The van der Waals surface area contributed by atoms with E-state index in [-0.39, 0.29) is 5.97 Å². The van der Waals surface area contributed by atoms with Crippen LogP contribution in [0.2, 0.25) is 0 Å². The molecule has 134 valence electrons. The van der Waals surface area contributed by atoms with Gasteiger partial charge in [-0.25, -0.2) is 4.79 Å². The second kappa shape index (κ2) is 8.82. The maximum absolute atomic E-state index is 11.7. The molecule has 0 heterocycles. The number of rotatable bonds is 8. The van der Waals surface area contributed by atoms with Gasteiger partial charge in [0.1, 0.15) is 5.75 Å². The minimum Gasteiger partial charge on any atom is -0.496 e. The molecule has 6 nitrogen and oxygen atoms in total. The van der Waals surface area contributed by atoms with Crippen molar-refractivity contribution in [3.05, 3.63) is 47.5 Å². The summed E-state index contributed by atoms with van der Waals surface area (Å²) in [6.07, 6.45) is 0. The minimum atomic E-state index is -0.324. The largest absolute Gasteiger partial charge is 0.496 e. The number of methoxy groups -OCH3 is 3. The van der Waals surface area contributed by atoms with Crippen molar-refractivity contribution in [2.75, 3.05) is 33.3 Å². The van der Waals surface area contributed by atoms with Crippen molar-refractivity contribution in [1.82, 2.24) is 0 Å². The molecular weight excluding hydrogens is 322 g/mol. The summed E-state index contributed by atoms with van der Waals surface area (Å²) in [6, 6.07) is 10.8. The number of nitrogens with one attached hydrogen (secondary N) is 1. The first-order valence-electron chi connectivity index (χ1n) is 7.92. The van der Waals surface area contributed by atoms with Crippen molar-refractivity contribution in [1.29, 1.82) is 0 Å². The highest BCUT2D eigenvalue weighted by molar-refractivity contribution is 5.89. The fourth-order valence-electron chi connectivity index (χ4n) is 2.37. The highest BCUT2D eigenvalue weighted by Gasteiger charge is 2.12. The van der Waals surface area contributed by atoms with Crippen LogP contribution in [0.1, 0.15) is 22.8 Å². The van der Waals surface area contributed by atoms with Gasteiger partial charge in [0.25, 0.3) is 0 Å². The number of hydrogen-bond acceptors (Lipinski definition) is 6. The van der Waals surface area contributed by atoms with E-state index < -0.39 is 0 Å². The number of anilines is 1. The van der Waals surface area contributed by atoms with Gasteiger partial charge in [-0.05, 0) is 37.3 Å². The molecule has 0 saturated carbocycles. The van der Waals surface area contributed by atoms with E-state index in [1.807, 2.05) is 18.2 Å². The molecular formula is C19H23NO5. The van der Waals surface area contributed by atoms with Gasteiger partial charge >= 0.3 is 5.97 Å². The summed E-state index contributed by atoms with van der Waals surface area (Å²) in [5.74, 6) is 1.63. The van der Waals surface area contributed by atoms with Gasteiger partial charge in [-0.3, -0.25) is 0 Å². The zero-order chi connectivity index (χ0) is 18.2. The number of carbonyl (C=O) groups is 1. The smallest absolute Gasteiger partial charge is 0.338 e. The average molecular weight is 345 g/mol. The number of carbonyl (C=O) groups excluding carboxylic acids is 1. The molecule has 0 unspecified atom stereocenters. The van der Waals surface area contributed by atoms with E-state index in [1.165, 1.54) is 0 Å².